The molecule has 0 unspecified atom stereocenters. The van der Waals surface area contributed by atoms with Crippen LogP contribution in [0, 0.1) is 27.7 Å². The number of phenols is 1. The van der Waals surface area contributed by atoms with Crippen LogP contribution in [0.4, 0.5) is 0 Å². The summed E-state index contributed by atoms with van der Waals surface area (Å²) in [5, 5.41) is 9.74. The smallest absolute Gasteiger partial charge is 0.121 e. The fourth-order valence-corrected chi connectivity index (χ4v) is 1.97. The molecule has 1 aromatic carbocycles. The minimum Gasteiger partial charge on any atom is -0.507 e. The molecule has 13 heavy (non-hydrogen) atoms. The first kappa shape index (κ1) is 10.4. The minimum atomic E-state index is 0.406. The van der Waals surface area contributed by atoms with Gasteiger partial charge in [0.05, 0.1) is 0 Å². The second-order valence-electron chi connectivity index (χ2n) is 3.46. The maximum Gasteiger partial charge on any atom is 0.121 e. The average Bonchev–Trinajstić information content (AvgIpc) is 2.13. The van der Waals surface area contributed by atoms with E-state index in [1.54, 1.807) is 0 Å². The molecule has 0 saturated carbocycles. The maximum absolute atomic E-state index is 9.74. The third kappa shape index (κ3) is 1.53. The molecule has 1 aromatic rings. The van der Waals surface area contributed by atoms with Gasteiger partial charge in [-0.25, -0.2) is 0 Å². The molecular formula is C11H15ClO. The summed E-state index contributed by atoms with van der Waals surface area (Å²) >= 11 is 5.85. The molecule has 0 atom stereocenters. The lowest BCUT2D eigenvalue weighted by Gasteiger charge is -2.15. The highest BCUT2D eigenvalue weighted by Crippen LogP contribution is 2.31. The summed E-state index contributed by atoms with van der Waals surface area (Å²) in [5.41, 5.74) is 5.25. The van der Waals surface area contributed by atoms with Crippen LogP contribution in [0.3, 0.4) is 0 Å². The monoisotopic (exact) mass is 198 g/mol. The highest BCUT2D eigenvalue weighted by Gasteiger charge is 2.12. The van der Waals surface area contributed by atoms with Gasteiger partial charge in [-0.2, -0.15) is 0 Å². The van der Waals surface area contributed by atoms with E-state index >= 15 is 0 Å². The van der Waals surface area contributed by atoms with Crippen molar-refractivity contribution in [2.75, 3.05) is 0 Å². The number of phenolic OH excluding ortho intramolecular Hbond substituents is 1. The van der Waals surface area contributed by atoms with Gasteiger partial charge in [0.1, 0.15) is 5.75 Å². The van der Waals surface area contributed by atoms with E-state index in [0.717, 1.165) is 27.8 Å². The van der Waals surface area contributed by atoms with Crippen molar-refractivity contribution in [2.24, 2.45) is 0 Å². The number of hydrogen-bond donors (Lipinski definition) is 1. The normalized spacial score (nSPS) is 10.5. The van der Waals surface area contributed by atoms with Gasteiger partial charge in [-0.05, 0) is 55.5 Å². The molecule has 0 fully saturated rings. The van der Waals surface area contributed by atoms with Crippen molar-refractivity contribution in [1.29, 1.82) is 0 Å². The Morgan fingerprint density at radius 2 is 1.31 bits per heavy atom. The van der Waals surface area contributed by atoms with Crippen molar-refractivity contribution in [3.05, 3.63) is 27.8 Å². The van der Waals surface area contributed by atoms with Gasteiger partial charge in [-0.1, -0.05) is 0 Å². The zero-order chi connectivity index (χ0) is 10.2. The lowest BCUT2D eigenvalue weighted by atomic mass is 9.94. The fourth-order valence-electron chi connectivity index (χ4n) is 1.57. The SMILES string of the molecule is Cc1c(C)c(CCl)c(C)c(C)c1O. The molecule has 1 nitrogen and oxygen atoms in total. The number of hydrogen-bond acceptors (Lipinski definition) is 1. The summed E-state index contributed by atoms with van der Waals surface area (Å²) in [6, 6.07) is 0. The number of alkyl halides is 1. The summed E-state index contributed by atoms with van der Waals surface area (Å²) in [4.78, 5) is 0. The minimum absolute atomic E-state index is 0.406. The van der Waals surface area contributed by atoms with Crippen molar-refractivity contribution in [1.82, 2.24) is 0 Å². The predicted octanol–water partition coefficient (Wildman–Crippen LogP) is 3.36. The van der Waals surface area contributed by atoms with Gasteiger partial charge in [0.25, 0.3) is 0 Å². The number of rotatable bonds is 1. The van der Waals surface area contributed by atoms with Crippen LogP contribution in [0.1, 0.15) is 27.8 Å². The molecule has 72 valence electrons. The lowest BCUT2D eigenvalue weighted by molar-refractivity contribution is 0.465. The summed E-state index contributed by atoms with van der Waals surface area (Å²) < 4.78 is 0. The Bertz CT molecular complexity index is 313. The van der Waals surface area contributed by atoms with E-state index in [1.165, 1.54) is 0 Å². The molecule has 0 heterocycles. The molecule has 0 radical (unpaired) electrons. The van der Waals surface area contributed by atoms with Gasteiger partial charge < -0.3 is 5.11 Å². The van der Waals surface area contributed by atoms with Crippen molar-refractivity contribution in [3.63, 3.8) is 0 Å². The Kier molecular flexibility index (Phi) is 2.87. The summed E-state index contributed by atoms with van der Waals surface area (Å²) in [7, 11) is 0. The zero-order valence-electron chi connectivity index (χ0n) is 8.53. The van der Waals surface area contributed by atoms with E-state index in [9.17, 15) is 5.11 Å². The summed E-state index contributed by atoms with van der Waals surface area (Å²) in [6.45, 7) is 7.85. The molecule has 0 aromatic heterocycles. The van der Waals surface area contributed by atoms with Gasteiger partial charge in [0, 0.05) is 5.88 Å². The van der Waals surface area contributed by atoms with Crippen LogP contribution < -0.4 is 0 Å². The van der Waals surface area contributed by atoms with Crippen molar-refractivity contribution in [2.45, 2.75) is 33.6 Å². The number of halogens is 1. The fraction of sp³-hybridized carbons (Fsp3) is 0.455. The van der Waals surface area contributed by atoms with Gasteiger partial charge in [0.15, 0.2) is 0 Å². The molecule has 1 N–H and O–H groups in total. The van der Waals surface area contributed by atoms with Crippen molar-refractivity contribution >= 4 is 11.6 Å². The second-order valence-corrected chi connectivity index (χ2v) is 3.73. The standard InChI is InChI=1S/C11H15ClO/c1-6-8(3)11(13)9(4)7(2)10(6)5-12/h13H,5H2,1-4H3. The Morgan fingerprint density at radius 3 is 1.62 bits per heavy atom. The van der Waals surface area contributed by atoms with Crippen LogP contribution >= 0.6 is 11.6 Å². The molecule has 0 spiro atoms. The molecule has 1 rings (SSSR count). The zero-order valence-corrected chi connectivity index (χ0v) is 9.29. The van der Waals surface area contributed by atoms with Gasteiger partial charge in [-0.15, -0.1) is 11.6 Å². The van der Waals surface area contributed by atoms with Gasteiger partial charge in [0.2, 0.25) is 0 Å². The van der Waals surface area contributed by atoms with E-state index in [1.807, 2.05) is 27.7 Å². The summed E-state index contributed by atoms with van der Waals surface area (Å²) in [5.74, 6) is 0.920. The first-order valence-electron chi connectivity index (χ1n) is 4.34. The number of aromatic hydroxyl groups is 1. The molecule has 0 aliphatic heterocycles. The van der Waals surface area contributed by atoms with Gasteiger partial charge >= 0.3 is 0 Å². The molecule has 0 aliphatic carbocycles. The van der Waals surface area contributed by atoms with Crippen LogP contribution in [0.15, 0.2) is 0 Å². The maximum atomic E-state index is 9.74. The van der Waals surface area contributed by atoms with Gasteiger partial charge in [-0.3, -0.25) is 0 Å². The molecule has 0 aliphatic rings. The van der Waals surface area contributed by atoms with E-state index in [4.69, 9.17) is 11.6 Å². The molecular weight excluding hydrogens is 184 g/mol. The van der Waals surface area contributed by atoms with Crippen LogP contribution in [0.5, 0.6) is 5.75 Å². The van der Waals surface area contributed by atoms with Crippen LogP contribution in [-0.2, 0) is 5.88 Å². The first-order valence-corrected chi connectivity index (χ1v) is 4.88. The van der Waals surface area contributed by atoms with Crippen LogP contribution in [-0.4, -0.2) is 5.11 Å². The molecule has 0 bridgehead atoms. The second kappa shape index (κ2) is 3.59. The molecule has 2 heteroatoms. The van der Waals surface area contributed by atoms with E-state index in [0.29, 0.717) is 11.6 Å². The summed E-state index contributed by atoms with van der Waals surface area (Å²) in [6.07, 6.45) is 0. The van der Waals surface area contributed by atoms with E-state index in [-0.39, 0.29) is 0 Å². The largest absolute Gasteiger partial charge is 0.507 e. The Morgan fingerprint density at radius 1 is 0.923 bits per heavy atom. The van der Waals surface area contributed by atoms with Crippen LogP contribution in [0.25, 0.3) is 0 Å². The van der Waals surface area contributed by atoms with Crippen molar-refractivity contribution < 1.29 is 5.11 Å². The van der Waals surface area contributed by atoms with Crippen molar-refractivity contribution in [3.8, 4) is 5.75 Å². The Balaban J connectivity index is 3.56. The van der Waals surface area contributed by atoms with E-state index < -0.39 is 0 Å². The Labute approximate surface area is 84.4 Å². The topological polar surface area (TPSA) is 20.2 Å². The molecule has 0 amide bonds. The molecule has 0 saturated heterocycles. The first-order chi connectivity index (χ1) is 6.00. The lowest BCUT2D eigenvalue weighted by Crippen LogP contribution is -1.97. The third-order valence-corrected chi connectivity index (χ3v) is 3.14. The highest BCUT2D eigenvalue weighted by molar-refractivity contribution is 6.17. The third-order valence-electron chi connectivity index (χ3n) is 2.87. The predicted molar refractivity (Wildman–Crippen MR) is 56.6 cm³/mol. The highest BCUT2D eigenvalue weighted by atomic mass is 35.5. The quantitative estimate of drug-likeness (QED) is 0.687. The van der Waals surface area contributed by atoms with E-state index in [2.05, 4.69) is 0 Å². The van der Waals surface area contributed by atoms with Crippen LogP contribution in [0.2, 0.25) is 0 Å². The Hall–Kier alpha value is -0.690. The average molecular weight is 199 g/mol. The number of benzene rings is 1.